The lowest BCUT2D eigenvalue weighted by Gasteiger charge is -2.11. The van der Waals surface area contributed by atoms with E-state index in [-0.39, 0.29) is 11.5 Å². The van der Waals surface area contributed by atoms with E-state index in [1.807, 2.05) is 20.8 Å². The quantitative estimate of drug-likeness (QED) is 0.624. The summed E-state index contributed by atoms with van der Waals surface area (Å²) in [5.41, 5.74) is -0.187. The number of rotatable bonds is 3. The first-order valence-electron chi connectivity index (χ1n) is 5.96. The van der Waals surface area contributed by atoms with Crippen LogP contribution >= 0.6 is 0 Å². The minimum absolute atomic E-state index is 0.225. The van der Waals surface area contributed by atoms with Gasteiger partial charge in [-0.25, -0.2) is 4.99 Å². The number of ether oxygens (including phenoxy) is 1. The third kappa shape index (κ3) is 2.72. The van der Waals surface area contributed by atoms with E-state index in [0.717, 1.165) is 0 Å². The Labute approximate surface area is 110 Å². The molecular formula is C13H15FN2O3. The number of benzene rings is 1. The molecule has 1 aromatic carbocycles. The Morgan fingerprint density at radius 3 is 2.68 bits per heavy atom. The summed E-state index contributed by atoms with van der Waals surface area (Å²) < 4.78 is 19.1. The van der Waals surface area contributed by atoms with Crippen LogP contribution < -0.4 is 0 Å². The maximum absolute atomic E-state index is 13.6. The van der Waals surface area contributed by atoms with Gasteiger partial charge in [0.2, 0.25) is 5.82 Å². The molecule has 1 aromatic rings. The highest BCUT2D eigenvalue weighted by molar-refractivity contribution is 5.85. The number of hydrogen-bond donors (Lipinski definition) is 0. The van der Waals surface area contributed by atoms with Crippen molar-refractivity contribution in [2.75, 3.05) is 6.61 Å². The van der Waals surface area contributed by atoms with Gasteiger partial charge in [-0.15, -0.1) is 0 Å². The summed E-state index contributed by atoms with van der Waals surface area (Å²) in [5, 5.41) is 10.6. The van der Waals surface area contributed by atoms with Crippen LogP contribution in [0.1, 0.15) is 32.3 Å². The molecule has 0 bridgehead atoms. The normalized spacial score (nSPS) is 18.6. The molecule has 5 nitrogen and oxygen atoms in total. The first-order chi connectivity index (χ1) is 8.80. The van der Waals surface area contributed by atoms with E-state index in [2.05, 4.69) is 4.99 Å². The highest BCUT2D eigenvalue weighted by Gasteiger charge is 2.30. The molecule has 1 aliphatic rings. The van der Waals surface area contributed by atoms with Crippen molar-refractivity contribution in [2.24, 2.45) is 4.99 Å². The van der Waals surface area contributed by atoms with Crippen LogP contribution in [0.2, 0.25) is 0 Å². The third-order valence-electron chi connectivity index (χ3n) is 3.02. The first-order valence-corrected chi connectivity index (χ1v) is 5.96. The van der Waals surface area contributed by atoms with Gasteiger partial charge in [0.25, 0.3) is 0 Å². The molecule has 0 aliphatic carbocycles. The minimum Gasteiger partial charge on any atom is -0.478 e. The molecule has 1 aliphatic heterocycles. The molecule has 6 heteroatoms. The average molecular weight is 266 g/mol. The zero-order chi connectivity index (χ0) is 14.2. The monoisotopic (exact) mass is 266 g/mol. The summed E-state index contributed by atoms with van der Waals surface area (Å²) in [5.74, 6) is -0.525. The standard InChI is InChI=1S/C13H15FN2O3/c1-8(12-15-13(2,3)7-19-12)9-4-5-11(16(17)18)10(14)6-9/h4-6,8H,7H2,1-3H3. The van der Waals surface area contributed by atoms with Crippen molar-refractivity contribution in [3.8, 4) is 0 Å². The van der Waals surface area contributed by atoms with Crippen LogP contribution in [0, 0.1) is 15.9 Å². The van der Waals surface area contributed by atoms with Crippen LogP contribution in [0.4, 0.5) is 10.1 Å². The highest BCUT2D eigenvalue weighted by atomic mass is 19.1. The Morgan fingerprint density at radius 2 is 2.21 bits per heavy atom. The topological polar surface area (TPSA) is 64.7 Å². The maximum Gasteiger partial charge on any atom is 0.304 e. The van der Waals surface area contributed by atoms with Crippen molar-refractivity contribution in [1.29, 1.82) is 0 Å². The predicted octanol–water partition coefficient (Wildman–Crippen LogP) is 3.04. The van der Waals surface area contributed by atoms with Crippen molar-refractivity contribution >= 4 is 11.6 Å². The Bertz CT molecular complexity index is 555. The van der Waals surface area contributed by atoms with Gasteiger partial charge >= 0.3 is 5.69 Å². The molecule has 0 N–H and O–H groups in total. The van der Waals surface area contributed by atoms with Crippen LogP contribution in [0.25, 0.3) is 0 Å². The molecule has 0 spiro atoms. The van der Waals surface area contributed by atoms with E-state index in [1.165, 1.54) is 18.2 Å². The molecule has 19 heavy (non-hydrogen) atoms. The fourth-order valence-electron chi connectivity index (χ4n) is 1.92. The van der Waals surface area contributed by atoms with Gasteiger partial charge in [0, 0.05) is 6.07 Å². The molecule has 2 rings (SSSR count). The average Bonchev–Trinajstić information content (AvgIpc) is 2.68. The summed E-state index contributed by atoms with van der Waals surface area (Å²) in [7, 11) is 0. The molecular weight excluding hydrogens is 251 g/mol. The number of aliphatic imine (C=N–C) groups is 1. The molecule has 1 unspecified atom stereocenters. The summed E-state index contributed by atoms with van der Waals surface area (Å²) >= 11 is 0. The lowest BCUT2D eigenvalue weighted by Crippen LogP contribution is -2.17. The Balaban J connectivity index is 2.28. The van der Waals surface area contributed by atoms with Crippen molar-refractivity contribution in [3.63, 3.8) is 0 Å². The zero-order valence-electron chi connectivity index (χ0n) is 11.0. The lowest BCUT2D eigenvalue weighted by atomic mass is 10.0. The molecule has 0 fully saturated rings. The molecule has 0 aromatic heterocycles. The number of nitrogens with zero attached hydrogens (tertiary/aromatic N) is 2. The third-order valence-corrected chi connectivity index (χ3v) is 3.02. The largest absolute Gasteiger partial charge is 0.478 e. The van der Waals surface area contributed by atoms with Crippen molar-refractivity contribution < 1.29 is 14.1 Å². The van der Waals surface area contributed by atoms with E-state index in [0.29, 0.717) is 18.1 Å². The second-order valence-electron chi connectivity index (χ2n) is 5.24. The van der Waals surface area contributed by atoms with Gasteiger partial charge in [0.1, 0.15) is 6.61 Å². The Hall–Kier alpha value is -1.98. The molecule has 0 radical (unpaired) electrons. The fraction of sp³-hybridized carbons (Fsp3) is 0.462. The van der Waals surface area contributed by atoms with Gasteiger partial charge in [0.15, 0.2) is 5.90 Å². The Morgan fingerprint density at radius 1 is 1.53 bits per heavy atom. The lowest BCUT2D eigenvalue weighted by molar-refractivity contribution is -0.387. The summed E-state index contributed by atoms with van der Waals surface area (Å²) in [6.45, 7) is 6.22. The van der Waals surface area contributed by atoms with E-state index < -0.39 is 16.4 Å². The van der Waals surface area contributed by atoms with Crippen molar-refractivity contribution in [3.05, 3.63) is 39.7 Å². The Kier molecular flexibility index (Phi) is 3.26. The second-order valence-corrected chi connectivity index (χ2v) is 5.24. The first kappa shape index (κ1) is 13.5. The molecule has 0 saturated carbocycles. The van der Waals surface area contributed by atoms with E-state index in [4.69, 9.17) is 4.74 Å². The molecule has 102 valence electrons. The van der Waals surface area contributed by atoms with E-state index >= 15 is 0 Å². The van der Waals surface area contributed by atoms with Gasteiger partial charge in [-0.2, -0.15) is 4.39 Å². The van der Waals surface area contributed by atoms with E-state index in [9.17, 15) is 14.5 Å². The maximum atomic E-state index is 13.6. The number of nitro benzene ring substituents is 1. The molecule has 0 saturated heterocycles. The van der Waals surface area contributed by atoms with Gasteiger partial charge in [-0.3, -0.25) is 10.1 Å². The molecule has 1 atom stereocenters. The summed E-state index contributed by atoms with van der Waals surface area (Å²) in [6.07, 6.45) is 0. The zero-order valence-corrected chi connectivity index (χ0v) is 11.0. The number of halogens is 1. The van der Waals surface area contributed by atoms with Crippen LogP contribution in [0.3, 0.4) is 0 Å². The van der Waals surface area contributed by atoms with Gasteiger partial charge in [0.05, 0.1) is 16.4 Å². The van der Waals surface area contributed by atoms with Crippen molar-refractivity contribution in [1.82, 2.24) is 0 Å². The van der Waals surface area contributed by atoms with Gasteiger partial charge in [-0.1, -0.05) is 6.07 Å². The number of nitro groups is 1. The predicted molar refractivity (Wildman–Crippen MR) is 68.9 cm³/mol. The second kappa shape index (κ2) is 4.60. The van der Waals surface area contributed by atoms with Crippen molar-refractivity contribution in [2.45, 2.75) is 32.2 Å². The van der Waals surface area contributed by atoms with Crippen LogP contribution in [0.5, 0.6) is 0 Å². The van der Waals surface area contributed by atoms with Crippen LogP contribution in [0.15, 0.2) is 23.2 Å². The van der Waals surface area contributed by atoms with Gasteiger partial charge in [-0.05, 0) is 32.4 Å². The smallest absolute Gasteiger partial charge is 0.304 e. The van der Waals surface area contributed by atoms with Crippen LogP contribution in [-0.4, -0.2) is 23.0 Å². The number of hydrogen-bond acceptors (Lipinski definition) is 4. The fourth-order valence-corrected chi connectivity index (χ4v) is 1.92. The van der Waals surface area contributed by atoms with Crippen LogP contribution in [-0.2, 0) is 4.74 Å². The highest BCUT2D eigenvalue weighted by Crippen LogP contribution is 2.28. The van der Waals surface area contributed by atoms with Gasteiger partial charge < -0.3 is 4.74 Å². The summed E-state index contributed by atoms with van der Waals surface area (Å²) in [6, 6.07) is 3.87. The molecule has 1 heterocycles. The summed E-state index contributed by atoms with van der Waals surface area (Å²) in [4.78, 5) is 14.2. The molecule has 0 amide bonds. The minimum atomic E-state index is -0.841. The van der Waals surface area contributed by atoms with E-state index in [1.54, 1.807) is 0 Å². The SMILES string of the molecule is CC(C1=NC(C)(C)CO1)c1ccc([N+](=O)[O-])c(F)c1.